The molecule has 1 saturated carbocycles. The molecule has 3 atom stereocenters. The lowest BCUT2D eigenvalue weighted by Crippen LogP contribution is -2.15. The lowest BCUT2D eigenvalue weighted by molar-refractivity contribution is 0.196. The molecule has 100 valence electrons. The Bertz CT molecular complexity index is 405. The first-order valence-corrected chi connectivity index (χ1v) is 7.58. The molecule has 0 bridgehead atoms. The Balaban J connectivity index is 2.12. The summed E-state index contributed by atoms with van der Waals surface area (Å²) < 4.78 is 13.2. The van der Waals surface area contributed by atoms with Crippen molar-refractivity contribution < 1.29 is 9.50 Å². The predicted octanol–water partition coefficient (Wildman–Crippen LogP) is 4.55. The van der Waals surface area contributed by atoms with E-state index in [9.17, 15) is 9.50 Å². The zero-order valence-corrected chi connectivity index (χ0v) is 11.8. The van der Waals surface area contributed by atoms with Crippen molar-refractivity contribution in [3.05, 3.63) is 29.6 Å². The number of hydrogen-bond donors (Lipinski definition) is 1. The van der Waals surface area contributed by atoms with Gasteiger partial charge in [0.25, 0.3) is 0 Å². The molecule has 0 saturated heterocycles. The number of benzene rings is 1. The lowest BCUT2D eigenvalue weighted by Gasteiger charge is -2.27. The second kappa shape index (κ2) is 6.07. The average Bonchev–Trinajstić information content (AvgIpc) is 2.31. The van der Waals surface area contributed by atoms with E-state index in [1.54, 1.807) is 24.8 Å². The topological polar surface area (TPSA) is 20.2 Å². The third-order valence-corrected chi connectivity index (χ3v) is 4.99. The molecule has 0 heterocycles. The van der Waals surface area contributed by atoms with Crippen molar-refractivity contribution in [2.24, 2.45) is 5.92 Å². The van der Waals surface area contributed by atoms with Gasteiger partial charge in [0.15, 0.2) is 0 Å². The van der Waals surface area contributed by atoms with E-state index in [1.165, 1.54) is 37.8 Å². The Morgan fingerprint density at radius 1 is 1.39 bits per heavy atom. The lowest BCUT2D eigenvalue weighted by atomic mass is 9.91. The molecular formula is C15H21FOS. The van der Waals surface area contributed by atoms with E-state index in [0.717, 1.165) is 16.4 Å². The molecule has 1 aliphatic rings. The van der Waals surface area contributed by atoms with Crippen LogP contribution in [-0.2, 0) is 0 Å². The third-order valence-electron chi connectivity index (χ3n) is 3.60. The fraction of sp³-hybridized carbons (Fsp3) is 0.600. The molecule has 1 aromatic carbocycles. The second-order valence-corrected chi connectivity index (χ2v) is 6.71. The van der Waals surface area contributed by atoms with E-state index >= 15 is 0 Å². The molecule has 0 aromatic heterocycles. The van der Waals surface area contributed by atoms with Gasteiger partial charge in [0.1, 0.15) is 5.82 Å². The molecule has 1 aromatic rings. The van der Waals surface area contributed by atoms with Gasteiger partial charge >= 0.3 is 0 Å². The summed E-state index contributed by atoms with van der Waals surface area (Å²) in [5.41, 5.74) is 0.721. The van der Waals surface area contributed by atoms with Crippen LogP contribution in [0, 0.1) is 11.7 Å². The SMILES string of the molecule is CC1CCCC(Sc2ccc(F)cc2[C@H](C)O)C1. The van der Waals surface area contributed by atoms with E-state index in [0.29, 0.717) is 5.25 Å². The van der Waals surface area contributed by atoms with E-state index in [4.69, 9.17) is 0 Å². The van der Waals surface area contributed by atoms with Crippen LogP contribution >= 0.6 is 11.8 Å². The number of rotatable bonds is 3. The highest BCUT2D eigenvalue weighted by Crippen LogP contribution is 2.38. The van der Waals surface area contributed by atoms with Gasteiger partial charge in [0, 0.05) is 10.1 Å². The van der Waals surface area contributed by atoms with E-state index in [2.05, 4.69) is 6.92 Å². The molecule has 1 N–H and O–H groups in total. The van der Waals surface area contributed by atoms with Gasteiger partial charge in [-0.1, -0.05) is 19.8 Å². The van der Waals surface area contributed by atoms with Crippen LogP contribution in [0.4, 0.5) is 4.39 Å². The van der Waals surface area contributed by atoms with E-state index < -0.39 is 6.10 Å². The summed E-state index contributed by atoms with van der Waals surface area (Å²) in [7, 11) is 0. The van der Waals surface area contributed by atoms with Crippen LogP contribution < -0.4 is 0 Å². The van der Waals surface area contributed by atoms with Gasteiger partial charge in [0.2, 0.25) is 0 Å². The molecule has 1 aliphatic carbocycles. The van der Waals surface area contributed by atoms with Gasteiger partial charge in [0.05, 0.1) is 6.10 Å². The van der Waals surface area contributed by atoms with Crippen molar-refractivity contribution in [1.82, 2.24) is 0 Å². The summed E-state index contributed by atoms with van der Waals surface area (Å²) in [4.78, 5) is 1.03. The van der Waals surface area contributed by atoms with Crippen molar-refractivity contribution in [1.29, 1.82) is 0 Å². The second-order valence-electron chi connectivity index (χ2n) is 5.37. The number of aliphatic hydroxyl groups excluding tert-OH is 1. The zero-order chi connectivity index (χ0) is 13.1. The van der Waals surface area contributed by atoms with Gasteiger partial charge in [-0.15, -0.1) is 11.8 Å². The van der Waals surface area contributed by atoms with E-state index in [-0.39, 0.29) is 5.82 Å². The summed E-state index contributed by atoms with van der Waals surface area (Å²) in [5.74, 6) is 0.513. The molecule has 0 radical (unpaired) electrons. The van der Waals surface area contributed by atoms with Gasteiger partial charge in [-0.05, 0) is 49.4 Å². The van der Waals surface area contributed by atoms with Crippen molar-refractivity contribution in [2.45, 2.75) is 55.8 Å². The minimum absolute atomic E-state index is 0.271. The average molecular weight is 268 g/mol. The van der Waals surface area contributed by atoms with Gasteiger partial charge in [-0.3, -0.25) is 0 Å². The van der Waals surface area contributed by atoms with Gasteiger partial charge in [-0.2, -0.15) is 0 Å². The standard InChI is InChI=1S/C15H21FOS/c1-10-4-3-5-13(8-10)18-15-7-6-12(16)9-14(15)11(2)17/h6-7,9-11,13,17H,3-5,8H2,1-2H3/t10?,11-,13?/m0/s1. The van der Waals surface area contributed by atoms with Crippen LogP contribution in [0.1, 0.15) is 51.2 Å². The fourth-order valence-electron chi connectivity index (χ4n) is 2.62. The van der Waals surface area contributed by atoms with E-state index in [1.807, 2.05) is 0 Å². The highest BCUT2D eigenvalue weighted by molar-refractivity contribution is 8.00. The fourth-order valence-corrected chi connectivity index (χ4v) is 4.20. The summed E-state index contributed by atoms with van der Waals surface area (Å²) in [5, 5.41) is 10.3. The Labute approximate surface area is 113 Å². The molecule has 18 heavy (non-hydrogen) atoms. The molecule has 2 unspecified atom stereocenters. The van der Waals surface area contributed by atoms with Crippen LogP contribution in [0.2, 0.25) is 0 Å². The van der Waals surface area contributed by atoms with Crippen molar-refractivity contribution in [2.75, 3.05) is 0 Å². The minimum Gasteiger partial charge on any atom is -0.389 e. The largest absolute Gasteiger partial charge is 0.389 e. The summed E-state index contributed by atoms with van der Waals surface area (Å²) in [6.07, 6.45) is 4.45. The Kier molecular flexibility index (Phi) is 4.68. The summed E-state index contributed by atoms with van der Waals surface area (Å²) >= 11 is 1.81. The maximum atomic E-state index is 13.2. The van der Waals surface area contributed by atoms with Gasteiger partial charge in [-0.25, -0.2) is 4.39 Å². The van der Waals surface area contributed by atoms with Crippen LogP contribution in [0.5, 0.6) is 0 Å². The van der Waals surface area contributed by atoms with Crippen LogP contribution in [-0.4, -0.2) is 10.4 Å². The number of aliphatic hydroxyl groups is 1. The van der Waals surface area contributed by atoms with Crippen molar-refractivity contribution >= 4 is 11.8 Å². The monoisotopic (exact) mass is 268 g/mol. The highest BCUT2D eigenvalue weighted by Gasteiger charge is 2.21. The van der Waals surface area contributed by atoms with Crippen molar-refractivity contribution in [3.8, 4) is 0 Å². The molecule has 3 heteroatoms. The molecule has 0 spiro atoms. The molecule has 0 amide bonds. The van der Waals surface area contributed by atoms with Crippen LogP contribution in [0.3, 0.4) is 0 Å². The Morgan fingerprint density at radius 2 is 2.17 bits per heavy atom. The quantitative estimate of drug-likeness (QED) is 0.868. The van der Waals surface area contributed by atoms with Crippen LogP contribution in [0.25, 0.3) is 0 Å². The summed E-state index contributed by atoms with van der Waals surface area (Å²) in [6, 6.07) is 4.75. The Hall–Kier alpha value is -0.540. The maximum absolute atomic E-state index is 13.2. The Morgan fingerprint density at radius 3 is 2.83 bits per heavy atom. The maximum Gasteiger partial charge on any atom is 0.123 e. The number of halogens is 1. The molecule has 1 nitrogen and oxygen atoms in total. The van der Waals surface area contributed by atoms with Gasteiger partial charge < -0.3 is 5.11 Å². The third kappa shape index (κ3) is 3.48. The summed E-state index contributed by atoms with van der Waals surface area (Å²) in [6.45, 7) is 4.00. The molecule has 1 fully saturated rings. The van der Waals surface area contributed by atoms with Crippen LogP contribution in [0.15, 0.2) is 23.1 Å². The highest BCUT2D eigenvalue weighted by atomic mass is 32.2. The predicted molar refractivity (Wildman–Crippen MR) is 74.3 cm³/mol. The van der Waals surface area contributed by atoms with Crippen molar-refractivity contribution in [3.63, 3.8) is 0 Å². The normalized spacial score (nSPS) is 26.0. The molecule has 0 aliphatic heterocycles. The minimum atomic E-state index is -0.607. The number of thioether (sulfide) groups is 1. The number of hydrogen-bond acceptors (Lipinski definition) is 2. The first-order valence-electron chi connectivity index (χ1n) is 6.70. The smallest absolute Gasteiger partial charge is 0.123 e. The zero-order valence-electron chi connectivity index (χ0n) is 11.0. The first-order chi connectivity index (χ1) is 8.56. The molecular weight excluding hydrogens is 247 g/mol. The molecule has 2 rings (SSSR count). The first kappa shape index (κ1) is 13.9.